The van der Waals surface area contributed by atoms with E-state index in [1.807, 2.05) is 6.92 Å². The van der Waals surface area contributed by atoms with Gasteiger partial charge < -0.3 is 0 Å². The van der Waals surface area contributed by atoms with Gasteiger partial charge in [-0.05, 0) is 25.5 Å². The lowest BCUT2D eigenvalue weighted by Crippen LogP contribution is -2.11. The first-order valence-corrected chi connectivity index (χ1v) is 6.03. The second-order valence-corrected chi connectivity index (χ2v) is 4.19. The van der Waals surface area contributed by atoms with Crippen LogP contribution in [0.4, 0.5) is 0 Å². The van der Waals surface area contributed by atoms with Gasteiger partial charge in [-0.3, -0.25) is 9.78 Å². The third-order valence-electron chi connectivity index (χ3n) is 2.67. The zero-order valence-corrected chi connectivity index (χ0v) is 10.6. The van der Waals surface area contributed by atoms with E-state index in [9.17, 15) is 4.79 Å². The maximum Gasteiger partial charge on any atom is 0.170 e. The fraction of sp³-hybridized carbons (Fsp3) is 0.385. The molecule has 0 aromatic carbocycles. The lowest BCUT2D eigenvalue weighted by atomic mass is 10.1. The van der Waals surface area contributed by atoms with E-state index in [2.05, 4.69) is 22.0 Å². The van der Waals surface area contributed by atoms with E-state index in [1.54, 1.807) is 23.0 Å². The Morgan fingerprint density at radius 1 is 1.39 bits per heavy atom. The Kier molecular flexibility index (Phi) is 3.82. The van der Waals surface area contributed by atoms with Gasteiger partial charge in [0.1, 0.15) is 12.2 Å². The molecule has 5 heteroatoms. The van der Waals surface area contributed by atoms with Crippen LogP contribution in [0.1, 0.15) is 35.2 Å². The molecule has 5 nitrogen and oxygen atoms in total. The molecule has 0 N–H and O–H groups in total. The molecule has 0 saturated carbocycles. The van der Waals surface area contributed by atoms with E-state index in [1.165, 1.54) is 6.33 Å². The minimum Gasteiger partial charge on any atom is -0.294 e. The molecule has 2 rings (SSSR count). The summed E-state index contributed by atoms with van der Waals surface area (Å²) < 4.78 is 1.78. The number of rotatable bonds is 5. The molecule has 0 atom stereocenters. The fourth-order valence-electron chi connectivity index (χ4n) is 1.79. The first kappa shape index (κ1) is 12.4. The van der Waals surface area contributed by atoms with E-state index in [-0.39, 0.29) is 12.2 Å². The zero-order chi connectivity index (χ0) is 13.0. The third-order valence-corrected chi connectivity index (χ3v) is 2.67. The highest BCUT2D eigenvalue weighted by Crippen LogP contribution is 2.06. The van der Waals surface area contributed by atoms with Crippen LogP contribution < -0.4 is 0 Å². The van der Waals surface area contributed by atoms with Crippen molar-refractivity contribution < 1.29 is 4.79 Å². The first-order valence-electron chi connectivity index (χ1n) is 6.03. The Balaban J connectivity index is 2.14. The van der Waals surface area contributed by atoms with Gasteiger partial charge in [0.05, 0.1) is 6.42 Å². The summed E-state index contributed by atoms with van der Waals surface area (Å²) in [5.74, 6) is 0.766. The molecule has 18 heavy (non-hydrogen) atoms. The number of aromatic nitrogens is 4. The number of aryl methyl sites for hydroxylation is 2. The highest BCUT2D eigenvalue weighted by molar-refractivity contribution is 5.97. The summed E-state index contributed by atoms with van der Waals surface area (Å²) in [6.07, 6.45) is 4.40. The van der Waals surface area contributed by atoms with E-state index in [0.29, 0.717) is 5.56 Å². The summed E-state index contributed by atoms with van der Waals surface area (Å²) in [7, 11) is 0. The molecule has 0 aliphatic heterocycles. The summed E-state index contributed by atoms with van der Waals surface area (Å²) in [6.45, 7) is 4.73. The Hall–Kier alpha value is -2.04. The van der Waals surface area contributed by atoms with Gasteiger partial charge in [-0.15, -0.1) is 0 Å². The van der Waals surface area contributed by atoms with Crippen molar-refractivity contribution in [2.45, 2.75) is 33.2 Å². The first-order chi connectivity index (χ1) is 8.70. The van der Waals surface area contributed by atoms with Crippen LogP contribution in [0.15, 0.2) is 24.7 Å². The number of carbonyl (C=O) groups is 1. The lowest BCUT2D eigenvalue weighted by Gasteiger charge is -2.04. The van der Waals surface area contributed by atoms with Gasteiger partial charge in [-0.2, -0.15) is 5.10 Å². The summed E-state index contributed by atoms with van der Waals surface area (Å²) in [5, 5.41) is 4.11. The standard InChI is InChI=1S/C13H16N4O/c1-3-6-17-13(15-9-16-17)8-12(18)11-4-5-14-10(2)7-11/h4-5,7,9H,3,6,8H2,1-2H3. The minimum atomic E-state index is 0.0471. The van der Waals surface area contributed by atoms with Crippen LogP contribution in [0, 0.1) is 6.92 Å². The topological polar surface area (TPSA) is 60.7 Å². The van der Waals surface area contributed by atoms with Gasteiger partial charge >= 0.3 is 0 Å². The average Bonchev–Trinajstić information content (AvgIpc) is 2.77. The van der Waals surface area contributed by atoms with E-state index in [0.717, 1.165) is 24.5 Å². The van der Waals surface area contributed by atoms with Crippen LogP contribution in [0.3, 0.4) is 0 Å². The molecule has 2 aromatic rings. The monoisotopic (exact) mass is 244 g/mol. The van der Waals surface area contributed by atoms with Crippen LogP contribution in [0.5, 0.6) is 0 Å². The van der Waals surface area contributed by atoms with Crippen LogP contribution in [-0.2, 0) is 13.0 Å². The number of Topliss-reactive ketones (excluding diaryl/α,β-unsaturated/α-hetero) is 1. The molecule has 0 aliphatic rings. The van der Waals surface area contributed by atoms with Gasteiger partial charge in [0.2, 0.25) is 0 Å². The summed E-state index contributed by atoms with van der Waals surface area (Å²) >= 11 is 0. The number of nitrogens with zero attached hydrogens (tertiary/aromatic N) is 4. The van der Waals surface area contributed by atoms with Gasteiger partial charge in [0.25, 0.3) is 0 Å². The van der Waals surface area contributed by atoms with Crippen LogP contribution in [0.2, 0.25) is 0 Å². The highest BCUT2D eigenvalue weighted by Gasteiger charge is 2.12. The molecular weight excluding hydrogens is 228 g/mol. The molecule has 0 spiro atoms. The Morgan fingerprint density at radius 2 is 2.22 bits per heavy atom. The SMILES string of the molecule is CCCn1ncnc1CC(=O)c1ccnc(C)c1. The Bertz CT molecular complexity index is 547. The molecular formula is C13H16N4O. The predicted molar refractivity (Wildman–Crippen MR) is 67.3 cm³/mol. The van der Waals surface area contributed by atoms with Gasteiger partial charge in [-0.1, -0.05) is 6.92 Å². The second kappa shape index (κ2) is 5.53. The molecule has 0 amide bonds. The molecule has 0 aliphatic carbocycles. The van der Waals surface area contributed by atoms with Crippen LogP contribution in [-0.4, -0.2) is 25.5 Å². The summed E-state index contributed by atoms with van der Waals surface area (Å²) in [4.78, 5) is 20.3. The third kappa shape index (κ3) is 2.80. The number of hydrogen-bond acceptors (Lipinski definition) is 4. The smallest absolute Gasteiger partial charge is 0.170 e. The summed E-state index contributed by atoms with van der Waals surface area (Å²) in [6, 6.07) is 3.53. The van der Waals surface area contributed by atoms with Crippen molar-refractivity contribution in [1.82, 2.24) is 19.7 Å². The minimum absolute atomic E-state index is 0.0471. The van der Waals surface area contributed by atoms with Crippen molar-refractivity contribution in [2.24, 2.45) is 0 Å². The molecule has 2 aromatic heterocycles. The lowest BCUT2D eigenvalue weighted by molar-refractivity contribution is 0.0989. The van der Waals surface area contributed by atoms with Crippen molar-refractivity contribution in [3.05, 3.63) is 41.7 Å². The van der Waals surface area contributed by atoms with Crippen molar-refractivity contribution in [3.8, 4) is 0 Å². The number of ketones is 1. The summed E-state index contributed by atoms with van der Waals surface area (Å²) in [5.41, 5.74) is 1.52. The van der Waals surface area contributed by atoms with Crippen LogP contribution >= 0.6 is 0 Å². The van der Waals surface area contributed by atoms with Gasteiger partial charge in [-0.25, -0.2) is 9.67 Å². The maximum atomic E-state index is 12.1. The molecule has 0 unspecified atom stereocenters. The predicted octanol–water partition coefficient (Wildman–Crippen LogP) is 1.82. The molecule has 0 radical (unpaired) electrons. The zero-order valence-electron chi connectivity index (χ0n) is 10.6. The van der Waals surface area contributed by atoms with Crippen LogP contribution in [0.25, 0.3) is 0 Å². The van der Waals surface area contributed by atoms with Crippen molar-refractivity contribution in [2.75, 3.05) is 0 Å². The van der Waals surface area contributed by atoms with Crippen molar-refractivity contribution >= 4 is 5.78 Å². The maximum absolute atomic E-state index is 12.1. The Morgan fingerprint density at radius 3 is 2.94 bits per heavy atom. The van der Waals surface area contributed by atoms with E-state index >= 15 is 0 Å². The van der Waals surface area contributed by atoms with Crippen molar-refractivity contribution in [3.63, 3.8) is 0 Å². The normalized spacial score (nSPS) is 10.6. The highest BCUT2D eigenvalue weighted by atomic mass is 16.1. The van der Waals surface area contributed by atoms with Crippen molar-refractivity contribution in [1.29, 1.82) is 0 Å². The van der Waals surface area contributed by atoms with E-state index < -0.39 is 0 Å². The number of hydrogen-bond donors (Lipinski definition) is 0. The average molecular weight is 244 g/mol. The molecule has 0 saturated heterocycles. The van der Waals surface area contributed by atoms with Gasteiger partial charge in [0.15, 0.2) is 5.78 Å². The fourth-order valence-corrected chi connectivity index (χ4v) is 1.79. The molecule has 0 bridgehead atoms. The van der Waals surface area contributed by atoms with Gasteiger partial charge in [0, 0.05) is 24.0 Å². The molecule has 94 valence electrons. The number of carbonyl (C=O) groups excluding carboxylic acids is 1. The molecule has 0 fully saturated rings. The number of pyridine rings is 1. The largest absolute Gasteiger partial charge is 0.294 e. The van der Waals surface area contributed by atoms with E-state index in [4.69, 9.17) is 0 Å². The second-order valence-electron chi connectivity index (χ2n) is 4.19. The Labute approximate surface area is 106 Å². The molecule has 2 heterocycles. The quantitative estimate of drug-likeness (QED) is 0.753.